The first-order chi connectivity index (χ1) is 6.15. The fraction of sp³-hybridized carbons (Fsp3) is 0.889. The molecule has 1 fully saturated rings. The van der Waals surface area contributed by atoms with Crippen LogP contribution in [0.15, 0.2) is 0 Å². The number of alkyl halides is 1. The van der Waals surface area contributed by atoms with Crippen LogP contribution in [0.2, 0.25) is 0 Å². The molecule has 1 aliphatic carbocycles. The zero-order chi connectivity index (χ0) is 9.84. The highest BCUT2D eigenvalue weighted by Gasteiger charge is 2.28. The third-order valence-electron chi connectivity index (χ3n) is 2.44. The van der Waals surface area contributed by atoms with E-state index in [1.165, 1.54) is 12.8 Å². The number of hydrogen-bond donors (Lipinski definition) is 1. The molecular formula is C9H16ClNOS. The van der Waals surface area contributed by atoms with E-state index in [9.17, 15) is 4.79 Å². The number of amides is 1. The number of nitrogens with one attached hydrogen (secondary N) is 1. The number of carbonyl (C=O) groups excluding carboxylic acids is 1. The van der Waals surface area contributed by atoms with Gasteiger partial charge in [-0.15, -0.1) is 11.6 Å². The monoisotopic (exact) mass is 221 g/mol. The smallest absolute Gasteiger partial charge is 0.238 e. The molecule has 3 unspecified atom stereocenters. The Morgan fingerprint density at radius 3 is 2.85 bits per heavy atom. The van der Waals surface area contributed by atoms with Crippen LogP contribution in [0.5, 0.6) is 0 Å². The Morgan fingerprint density at radius 1 is 1.62 bits per heavy atom. The van der Waals surface area contributed by atoms with Crippen LogP contribution in [-0.4, -0.2) is 28.8 Å². The molecule has 0 heterocycles. The molecule has 2 nitrogen and oxygen atoms in total. The van der Waals surface area contributed by atoms with Crippen molar-refractivity contribution in [2.24, 2.45) is 0 Å². The van der Waals surface area contributed by atoms with E-state index >= 15 is 0 Å². The van der Waals surface area contributed by atoms with Crippen LogP contribution >= 0.6 is 23.4 Å². The van der Waals surface area contributed by atoms with Crippen LogP contribution in [0.4, 0.5) is 0 Å². The zero-order valence-corrected chi connectivity index (χ0v) is 9.62. The minimum Gasteiger partial charge on any atom is -0.351 e. The minimum atomic E-state index is -0.414. The topological polar surface area (TPSA) is 29.1 Å². The van der Waals surface area contributed by atoms with Gasteiger partial charge in [-0.3, -0.25) is 4.79 Å². The summed E-state index contributed by atoms with van der Waals surface area (Å²) in [4.78, 5) is 11.3. The lowest BCUT2D eigenvalue weighted by Gasteiger charge is -2.19. The van der Waals surface area contributed by atoms with Gasteiger partial charge in [0.05, 0.1) is 0 Å². The molecule has 3 atom stereocenters. The third-order valence-corrected chi connectivity index (χ3v) is 3.81. The number of rotatable bonds is 3. The first kappa shape index (κ1) is 11.2. The molecule has 13 heavy (non-hydrogen) atoms. The normalized spacial score (nSPS) is 30.1. The second kappa shape index (κ2) is 5.11. The molecular weight excluding hydrogens is 206 g/mol. The van der Waals surface area contributed by atoms with Gasteiger partial charge in [0.25, 0.3) is 0 Å². The summed E-state index contributed by atoms with van der Waals surface area (Å²) in [5.41, 5.74) is 0. The van der Waals surface area contributed by atoms with Gasteiger partial charge in [0.2, 0.25) is 5.91 Å². The quantitative estimate of drug-likeness (QED) is 0.739. The molecule has 0 saturated heterocycles. The first-order valence-electron chi connectivity index (χ1n) is 4.62. The Hall–Kier alpha value is 0.110. The van der Waals surface area contributed by atoms with Crippen LogP contribution in [0.25, 0.3) is 0 Å². The van der Waals surface area contributed by atoms with Crippen molar-refractivity contribution in [1.82, 2.24) is 5.32 Å². The molecule has 76 valence electrons. The number of halogens is 1. The molecule has 1 aliphatic rings. The molecule has 4 heteroatoms. The first-order valence-corrected chi connectivity index (χ1v) is 6.35. The minimum absolute atomic E-state index is 0.0346. The van der Waals surface area contributed by atoms with Gasteiger partial charge in [0.1, 0.15) is 5.38 Å². The van der Waals surface area contributed by atoms with E-state index in [-0.39, 0.29) is 5.91 Å². The summed E-state index contributed by atoms with van der Waals surface area (Å²) in [5.74, 6) is -0.0346. The molecule has 1 saturated carbocycles. The van der Waals surface area contributed by atoms with Crippen molar-refractivity contribution in [3.63, 3.8) is 0 Å². The van der Waals surface area contributed by atoms with Gasteiger partial charge in [-0.05, 0) is 26.0 Å². The average molecular weight is 222 g/mol. The van der Waals surface area contributed by atoms with Gasteiger partial charge in [-0.25, -0.2) is 0 Å². The van der Waals surface area contributed by atoms with Crippen LogP contribution in [0, 0.1) is 0 Å². The maximum atomic E-state index is 11.3. The molecule has 0 aromatic heterocycles. The molecule has 1 amide bonds. The van der Waals surface area contributed by atoms with E-state index < -0.39 is 5.38 Å². The largest absolute Gasteiger partial charge is 0.351 e. The summed E-state index contributed by atoms with van der Waals surface area (Å²) < 4.78 is 0. The SMILES string of the molecule is CSC1CCCC1NC(=O)C(C)Cl. The molecule has 1 rings (SSSR count). The number of hydrogen-bond acceptors (Lipinski definition) is 2. The van der Waals surface area contributed by atoms with Gasteiger partial charge >= 0.3 is 0 Å². The van der Waals surface area contributed by atoms with E-state index in [4.69, 9.17) is 11.6 Å². The molecule has 1 N–H and O–H groups in total. The third kappa shape index (κ3) is 3.06. The zero-order valence-electron chi connectivity index (χ0n) is 8.05. The van der Waals surface area contributed by atoms with Crippen molar-refractivity contribution < 1.29 is 4.79 Å². The summed E-state index contributed by atoms with van der Waals surface area (Å²) in [5, 5.41) is 3.16. The van der Waals surface area contributed by atoms with E-state index in [2.05, 4.69) is 11.6 Å². The fourth-order valence-electron chi connectivity index (χ4n) is 1.67. The van der Waals surface area contributed by atoms with Crippen molar-refractivity contribution in [2.45, 2.75) is 42.9 Å². The molecule has 0 bridgehead atoms. The van der Waals surface area contributed by atoms with Crippen molar-refractivity contribution in [3.8, 4) is 0 Å². The van der Waals surface area contributed by atoms with Crippen molar-refractivity contribution in [2.75, 3.05) is 6.26 Å². The Bertz CT molecular complexity index is 186. The molecule has 0 aromatic carbocycles. The summed E-state index contributed by atoms with van der Waals surface area (Å²) in [6.07, 6.45) is 5.62. The summed E-state index contributed by atoms with van der Waals surface area (Å²) in [6.45, 7) is 1.71. The summed E-state index contributed by atoms with van der Waals surface area (Å²) in [7, 11) is 0. The number of thioether (sulfide) groups is 1. The maximum Gasteiger partial charge on any atom is 0.238 e. The lowest BCUT2D eigenvalue weighted by Crippen LogP contribution is -2.41. The van der Waals surface area contributed by atoms with Crippen LogP contribution in [0.1, 0.15) is 26.2 Å². The predicted octanol–water partition coefficient (Wildman–Crippen LogP) is 2.01. The molecule has 0 aliphatic heterocycles. The maximum absolute atomic E-state index is 11.3. The Labute approximate surface area is 88.8 Å². The molecule has 0 aromatic rings. The Morgan fingerprint density at radius 2 is 2.31 bits per heavy atom. The standard InChI is InChI=1S/C9H16ClNOS/c1-6(10)9(12)11-7-4-3-5-8(7)13-2/h6-8H,3-5H2,1-2H3,(H,11,12). The van der Waals surface area contributed by atoms with Crippen LogP contribution in [-0.2, 0) is 4.79 Å². The van der Waals surface area contributed by atoms with Gasteiger partial charge in [-0.1, -0.05) is 6.42 Å². The van der Waals surface area contributed by atoms with E-state index in [0.29, 0.717) is 11.3 Å². The highest BCUT2D eigenvalue weighted by molar-refractivity contribution is 7.99. The van der Waals surface area contributed by atoms with Gasteiger partial charge < -0.3 is 5.32 Å². The van der Waals surface area contributed by atoms with Crippen molar-refractivity contribution in [1.29, 1.82) is 0 Å². The van der Waals surface area contributed by atoms with E-state index in [0.717, 1.165) is 6.42 Å². The van der Waals surface area contributed by atoms with Crippen molar-refractivity contribution in [3.05, 3.63) is 0 Å². The second-order valence-electron chi connectivity index (χ2n) is 3.44. The highest BCUT2D eigenvalue weighted by Crippen LogP contribution is 2.28. The Balaban J connectivity index is 2.39. The van der Waals surface area contributed by atoms with Gasteiger partial charge in [-0.2, -0.15) is 11.8 Å². The van der Waals surface area contributed by atoms with Gasteiger partial charge in [0.15, 0.2) is 0 Å². The second-order valence-corrected chi connectivity index (χ2v) is 5.17. The van der Waals surface area contributed by atoms with Crippen LogP contribution < -0.4 is 5.32 Å². The Kier molecular flexibility index (Phi) is 4.39. The molecule has 0 radical (unpaired) electrons. The van der Waals surface area contributed by atoms with E-state index in [1.807, 2.05) is 11.8 Å². The average Bonchev–Trinajstić information content (AvgIpc) is 2.51. The van der Waals surface area contributed by atoms with E-state index in [1.54, 1.807) is 6.92 Å². The van der Waals surface area contributed by atoms with Crippen molar-refractivity contribution >= 4 is 29.3 Å². The fourth-order valence-corrected chi connectivity index (χ4v) is 2.67. The lowest BCUT2D eigenvalue weighted by molar-refractivity contribution is -0.121. The molecule has 0 spiro atoms. The summed E-state index contributed by atoms with van der Waals surface area (Å²) in [6, 6.07) is 0.337. The summed E-state index contributed by atoms with van der Waals surface area (Å²) >= 11 is 7.52. The highest BCUT2D eigenvalue weighted by atomic mass is 35.5. The number of carbonyl (C=O) groups is 1. The predicted molar refractivity (Wildman–Crippen MR) is 58.4 cm³/mol. The lowest BCUT2D eigenvalue weighted by atomic mass is 10.2. The van der Waals surface area contributed by atoms with Gasteiger partial charge in [0, 0.05) is 11.3 Å². The van der Waals surface area contributed by atoms with Crippen LogP contribution in [0.3, 0.4) is 0 Å².